The number of nitrogens with zero attached hydrogens (tertiary/aromatic N) is 5. The number of anilines is 2. The van der Waals surface area contributed by atoms with Crippen LogP contribution in [-0.2, 0) is 11.3 Å². The van der Waals surface area contributed by atoms with E-state index >= 15 is 0 Å². The van der Waals surface area contributed by atoms with Crippen LogP contribution in [0.3, 0.4) is 0 Å². The third kappa shape index (κ3) is 3.32. The number of rotatable bonds is 5. The van der Waals surface area contributed by atoms with Crippen molar-refractivity contribution < 1.29 is 14.1 Å². The highest BCUT2D eigenvalue weighted by Crippen LogP contribution is 2.18. The van der Waals surface area contributed by atoms with Crippen molar-refractivity contribution in [1.29, 1.82) is 0 Å². The van der Waals surface area contributed by atoms with Gasteiger partial charge in [-0.2, -0.15) is 9.97 Å². The second-order valence-corrected chi connectivity index (χ2v) is 5.74. The molecule has 3 heterocycles. The first-order valence-electron chi connectivity index (χ1n) is 8.10. The van der Waals surface area contributed by atoms with Gasteiger partial charge in [-0.15, -0.1) is 0 Å². The predicted octanol–water partition coefficient (Wildman–Crippen LogP) is 2.40. The summed E-state index contributed by atoms with van der Waals surface area (Å²) in [5.74, 6) is 1.78. The highest BCUT2D eigenvalue weighted by molar-refractivity contribution is 5.88. The van der Waals surface area contributed by atoms with Gasteiger partial charge >= 0.3 is 6.09 Å². The lowest BCUT2D eigenvalue weighted by Crippen LogP contribution is -2.24. The van der Waals surface area contributed by atoms with Gasteiger partial charge in [-0.1, -0.05) is 35.0 Å². The third-order valence-corrected chi connectivity index (χ3v) is 3.85. The summed E-state index contributed by atoms with van der Waals surface area (Å²) in [7, 11) is 0. The predicted molar refractivity (Wildman–Crippen MR) is 92.5 cm³/mol. The molecular weight excluding hydrogens is 336 g/mol. The molecule has 26 heavy (non-hydrogen) atoms. The number of cyclic esters (lactones) is 1. The minimum atomic E-state index is -0.408. The fourth-order valence-electron chi connectivity index (χ4n) is 2.49. The molecule has 0 atom stereocenters. The van der Waals surface area contributed by atoms with E-state index in [1.165, 1.54) is 4.90 Å². The largest absolute Gasteiger partial charge is 0.447 e. The van der Waals surface area contributed by atoms with Crippen LogP contribution < -0.4 is 10.2 Å². The van der Waals surface area contributed by atoms with Crippen molar-refractivity contribution in [2.75, 3.05) is 23.4 Å². The summed E-state index contributed by atoms with van der Waals surface area (Å²) >= 11 is 0. The summed E-state index contributed by atoms with van der Waals surface area (Å²) in [5.41, 5.74) is 2.05. The molecule has 0 unspecified atom stereocenters. The molecule has 1 fully saturated rings. The van der Waals surface area contributed by atoms with Crippen molar-refractivity contribution in [3.63, 3.8) is 0 Å². The first-order valence-corrected chi connectivity index (χ1v) is 8.10. The van der Waals surface area contributed by atoms with Gasteiger partial charge in [0.25, 0.3) is 0 Å². The first-order chi connectivity index (χ1) is 12.7. The van der Waals surface area contributed by atoms with Gasteiger partial charge in [0.15, 0.2) is 0 Å². The van der Waals surface area contributed by atoms with Crippen LogP contribution in [0.4, 0.5) is 16.6 Å². The zero-order valence-corrected chi connectivity index (χ0v) is 14.0. The molecule has 1 N–H and O–H groups in total. The van der Waals surface area contributed by atoms with Gasteiger partial charge in [0, 0.05) is 11.8 Å². The molecule has 0 saturated carbocycles. The number of benzene rings is 1. The van der Waals surface area contributed by atoms with E-state index in [4.69, 9.17) is 9.26 Å². The number of nitrogens with one attached hydrogen (secondary N) is 1. The summed E-state index contributed by atoms with van der Waals surface area (Å²) in [6, 6.07) is 9.52. The Labute approximate surface area is 149 Å². The smallest absolute Gasteiger partial charge is 0.415 e. The van der Waals surface area contributed by atoms with Gasteiger partial charge in [-0.25, -0.2) is 9.78 Å². The Hall–Kier alpha value is -3.49. The van der Waals surface area contributed by atoms with Gasteiger partial charge < -0.3 is 14.6 Å². The molecule has 0 radical (unpaired) electrons. The summed E-state index contributed by atoms with van der Waals surface area (Å²) in [6.45, 7) is 3.12. The van der Waals surface area contributed by atoms with Crippen LogP contribution in [0.15, 0.2) is 41.1 Å². The quantitative estimate of drug-likeness (QED) is 0.746. The minimum absolute atomic E-state index is 0.271. The number of aryl methyl sites for hydroxylation is 1. The zero-order chi connectivity index (χ0) is 17.9. The van der Waals surface area contributed by atoms with Gasteiger partial charge in [0.05, 0.1) is 13.1 Å². The normalized spacial score (nSPS) is 13.7. The Kier molecular flexibility index (Phi) is 4.18. The first kappa shape index (κ1) is 16.0. The second kappa shape index (κ2) is 6.79. The molecule has 1 aliphatic rings. The van der Waals surface area contributed by atoms with Crippen LogP contribution in [0.5, 0.6) is 0 Å². The summed E-state index contributed by atoms with van der Waals surface area (Å²) in [6.07, 6.45) is 1.16. The second-order valence-electron chi connectivity index (χ2n) is 5.74. The molecule has 132 valence electrons. The Bertz CT molecular complexity index is 924. The lowest BCUT2D eigenvalue weighted by Gasteiger charge is -2.11. The van der Waals surface area contributed by atoms with Crippen LogP contribution in [-0.4, -0.2) is 39.4 Å². The molecule has 1 aliphatic heterocycles. The number of hydrogen-bond donors (Lipinski definition) is 1. The van der Waals surface area contributed by atoms with E-state index in [9.17, 15) is 4.79 Å². The van der Waals surface area contributed by atoms with Gasteiger partial charge in [0.1, 0.15) is 12.4 Å². The number of carbonyl (C=O) groups is 1. The number of ether oxygens (including phenoxy) is 1. The van der Waals surface area contributed by atoms with Crippen molar-refractivity contribution >= 4 is 17.9 Å². The standard InChI is InChI=1S/C17H16N6O3/c1-11-2-4-12(5-3-11)15-21-14(26-22-15)10-19-16-18-7-6-13(20-16)23-8-9-25-17(23)24/h2-7H,8-10H2,1H3,(H,18,19,20). The molecular formula is C17H16N6O3. The maximum absolute atomic E-state index is 11.6. The van der Waals surface area contributed by atoms with E-state index in [2.05, 4.69) is 25.4 Å². The number of carbonyl (C=O) groups excluding carboxylic acids is 1. The molecule has 0 spiro atoms. The fourth-order valence-corrected chi connectivity index (χ4v) is 2.49. The number of amides is 1. The van der Waals surface area contributed by atoms with E-state index in [1.54, 1.807) is 12.3 Å². The van der Waals surface area contributed by atoms with Crippen molar-refractivity contribution in [2.24, 2.45) is 0 Å². The lowest BCUT2D eigenvalue weighted by molar-refractivity contribution is 0.181. The summed E-state index contributed by atoms with van der Waals surface area (Å²) in [4.78, 5) is 25.9. The highest BCUT2D eigenvalue weighted by Gasteiger charge is 2.24. The van der Waals surface area contributed by atoms with Crippen LogP contribution in [0.1, 0.15) is 11.5 Å². The van der Waals surface area contributed by atoms with Crippen molar-refractivity contribution in [2.45, 2.75) is 13.5 Å². The molecule has 1 aromatic carbocycles. The molecule has 1 amide bonds. The molecule has 0 aliphatic carbocycles. The molecule has 9 nitrogen and oxygen atoms in total. The molecule has 3 aromatic rings. The number of hydrogen-bond acceptors (Lipinski definition) is 8. The van der Waals surface area contributed by atoms with Crippen molar-refractivity contribution in [3.8, 4) is 11.4 Å². The van der Waals surface area contributed by atoms with Gasteiger partial charge in [-0.3, -0.25) is 4.90 Å². The van der Waals surface area contributed by atoms with E-state index < -0.39 is 6.09 Å². The van der Waals surface area contributed by atoms with Crippen molar-refractivity contribution in [3.05, 3.63) is 48.0 Å². The Balaban J connectivity index is 1.43. The van der Waals surface area contributed by atoms with Crippen LogP contribution in [0.25, 0.3) is 11.4 Å². The van der Waals surface area contributed by atoms with E-state index in [1.807, 2.05) is 31.2 Å². The SMILES string of the molecule is Cc1ccc(-c2noc(CNc3nccc(N4CCOC4=O)n3)n2)cc1. The molecule has 4 rings (SSSR count). The average Bonchev–Trinajstić information content (AvgIpc) is 3.30. The van der Waals surface area contributed by atoms with E-state index in [0.717, 1.165) is 11.1 Å². The molecule has 1 saturated heterocycles. The van der Waals surface area contributed by atoms with E-state index in [0.29, 0.717) is 36.6 Å². The topological polar surface area (TPSA) is 106 Å². The third-order valence-electron chi connectivity index (χ3n) is 3.85. The monoisotopic (exact) mass is 352 g/mol. The maximum atomic E-state index is 11.6. The van der Waals surface area contributed by atoms with E-state index in [-0.39, 0.29) is 6.54 Å². The average molecular weight is 352 g/mol. The Morgan fingerprint density at radius 1 is 1.19 bits per heavy atom. The summed E-state index contributed by atoms with van der Waals surface area (Å²) in [5, 5.41) is 7.00. The minimum Gasteiger partial charge on any atom is -0.447 e. The lowest BCUT2D eigenvalue weighted by atomic mass is 10.1. The van der Waals surface area contributed by atoms with Gasteiger partial charge in [-0.05, 0) is 13.0 Å². The number of aromatic nitrogens is 4. The van der Waals surface area contributed by atoms with Crippen molar-refractivity contribution in [1.82, 2.24) is 20.1 Å². The maximum Gasteiger partial charge on any atom is 0.415 e. The summed E-state index contributed by atoms with van der Waals surface area (Å²) < 4.78 is 10.2. The zero-order valence-electron chi connectivity index (χ0n) is 14.0. The molecule has 9 heteroatoms. The fraction of sp³-hybridized carbons (Fsp3) is 0.235. The van der Waals surface area contributed by atoms with Crippen LogP contribution in [0.2, 0.25) is 0 Å². The Morgan fingerprint density at radius 3 is 2.81 bits per heavy atom. The van der Waals surface area contributed by atoms with Crippen LogP contribution >= 0.6 is 0 Å². The highest BCUT2D eigenvalue weighted by atomic mass is 16.6. The molecule has 2 aromatic heterocycles. The van der Waals surface area contributed by atoms with Crippen LogP contribution in [0, 0.1) is 6.92 Å². The van der Waals surface area contributed by atoms with Gasteiger partial charge in [0.2, 0.25) is 17.7 Å². The Morgan fingerprint density at radius 2 is 2.04 bits per heavy atom. The molecule has 0 bridgehead atoms.